The summed E-state index contributed by atoms with van der Waals surface area (Å²) in [6.45, 7) is 5.11. The first-order valence-corrected chi connectivity index (χ1v) is 8.67. The first-order valence-electron chi connectivity index (χ1n) is 7.88. The number of unbranched alkanes of at least 4 members (excludes halogenated alkanes) is 1. The van der Waals surface area contributed by atoms with Gasteiger partial charge in [-0.25, -0.2) is 9.97 Å². The highest BCUT2D eigenvalue weighted by Gasteiger charge is 2.12. The Kier molecular flexibility index (Phi) is 5.82. The lowest BCUT2D eigenvalue weighted by Gasteiger charge is -2.27. The van der Waals surface area contributed by atoms with Crippen LogP contribution in [0.1, 0.15) is 12.8 Å². The molecule has 23 heavy (non-hydrogen) atoms. The smallest absolute Gasteiger partial charge is 0.134 e. The highest BCUT2D eigenvalue weighted by Crippen LogP contribution is 2.15. The van der Waals surface area contributed by atoms with E-state index in [0.717, 1.165) is 68.3 Å². The molecular formula is C15H21BrN6O. The molecule has 0 bridgehead atoms. The second-order valence-corrected chi connectivity index (χ2v) is 6.33. The Balaban J connectivity index is 1.41. The van der Waals surface area contributed by atoms with Crippen molar-refractivity contribution < 1.29 is 4.74 Å². The third kappa shape index (κ3) is 4.90. The predicted octanol–water partition coefficient (Wildman–Crippen LogP) is 2.16. The summed E-state index contributed by atoms with van der Waals surface area (Å²) >= 11 is 3.40. The van der Waals surface area contributed by atoms with Crippen molar-refractivity contribution in [3.63, 3.8) is 0 Å². The van der Waals surface area contributed by atoms with E-state index in [-0.39, 0.29) is 0 Å². The summed E-state index contributed by atoms with van der Waals surface area (Å²) in [5.74, 6) is 1.84. The molecule has 3 heterocycles. The first kappa shape index (κ1) is 16.2. The zero-order valence-electron chi connectivity index (χ0n) is 13.0. The van der Waals surface area contributed by atoms with Crippen molar-refractivity contribution in [2.24, 2.45) is 0 Å². The standard InChI is InChI=1S/C15H21BrN6O/c16-13-10-20-22(11-13)4-2-1-3-17-14-9-15(19-12-18-14)21-5-7-23-8-6-21/h9-12H,1-8H2,(H,17,18,19). The van der Waals surface area contributed by atoms with Gasteiger partial charge in [-0.15, -0.1) is 0 Å². The van der Waals surface area contributed by atoms with Crippen LogP contribution in [0.15, 0.2) is 29.3 Å². The molecule has 8 heteroatoms. The SMILES string of the molecule is Brc1cnn(CCCCNc2cc(N3CCOCC3)ncn2)c1. The maximum absolute atomic E-state index is 5.37. The van der Waals surface area contributed by atoms with Crippen LogP contribution in [0.4, 0.5) is 11.6 Å². The van der Waals surface area contributed by atoms with Gasteiger partial charge in [-0.1, -0.05) is 0 Å². The lowest BCUT2D eigenvalue weighted by atomic mass is 10.3. The Morgan fingerprint density at radius 2 is 2.09 bits per heavy atom. The normalized spacial score (nSPS) is 14.9. The van der Waals surface area contributed by atoms with E-state index < -0.39 is 0 Å². The molecule has 0 spiro atoms. The van der Waals surface area contributed by atoms with E-state index >= 15 is 0 Å². The minimum atomic E-state index is 0.760. The van der Waals surface area contributed by atoms with Gasteiger partial charge in [0.05, 0.1) is 23.9 Å². The van der Waals surface area contributed by atoms with Crippen molar-refractivity contribution in [3.05, 3.63) is 29.3 Å². The highest BCUT2D eigenvalue weighted by molar-refractivity contribution is 9.10. The summed E-state index contributed by atoms with van der Waals surface area (Å²) in [6.07, 6.45) is 7.56. The molecular weight excluding hydrogens is 360 g/mol. The quantitative estimate of drug-likeness (QED) is 0.742. The molecule has 1 aliphatic rings. The van der Waals surface area contributed by atoms with E-state index in [2.05, 4.69) is 41.2 Å². The van der Waals surface area contributed by atoms with E-state index in [1.807, 2.05) is 23.1 Å². The fourth-order valence-electron chi connectivity index (χ4n) is 2.48. The number of hydrogen-bond donors (Lipinski definition) is 1. The minimum absolute atomic E-state index is 0.760. The molecule has 0 unspecified atom stereocenters. The Bertz CT molecular complexity index is 614. The summed E-state index contributed by atoms with van der Waals surface area (Å²) < 4.78 is 8.34. The van der Waals surface area contributed by atoms with Crippen LogP contribution < -0.4 is 10.2 Å². The molecule has 0 atom stereocenters. The number of nitrogens with zero attached hydrogens (tertiary/aromatic N) is 5. The molecule has 2 aromatic rings. The minimum Gasteiger partial charge on any atom is -0.378 e. The maximum atomic E-state index is 5.37. The number of morpholine rings is 1. The summed E-state index contributed by atoms with van der Waals surface area (Å²) in [5.41, 5.74) is 0. The molecule has 3 rings (SSSR count). The highest BCUT2D eigenvalue weighted by atomic mass is 79.9. The lowest BCUT2D eigenvalue weighted by molar-refractivity contribution is 0.122. The number of rotatable bonds is 7. The van der Waals surface area contributed by atoms with Crippen LogP contribution in [0, 0.1) is 0 Å². The summed E-state index contributed by atoms with van der Waals surface area (Å²) in [4.78, 5) is 10.9. The average Bonchev–Trinajstić information content (AvgIpc) is 3.01. The van der Waals surface area contributed by atoms with Gasteiger partial charge >= 0.3 is 0 Å². The number of aromatic nitrogens is 4. The fourth-order valence-corrected chi connectivity index (χ4v) is 2.81. The van der Waals surface area contributed by atoms with Gasteiger partial charge in [0.1, 0.15) is 18.0 Å². The Labute approximate surface area is 144 Å². The number of halogens is 1. The summed E-state index contributed by atoms with van der Waals surface area (Å²) in [6, 6.07) is 2.01. The van der Waals surface area contributed by atoms with Gasteiger partial charge in [0.2, 0.25) is 0 Å². The monoisotopic (exact) mass is 380 g/mol. The van der Waals surface area contributed by atoms with Gasteiger partial charge in [0, 0.05) is 38.4 Å². The molecule has 0 saturated carbocycles. The second-order valence-electron chi connectivity index (χ2n) is 5.42. The van der Waals surface area contributed by atoms with E-state index in [1.165, 1.54) is 0 Å². The van der Waals surface area contributed by atoms with Gasteiger partial charge < -0.3 is 15.0 Å². The van der Waals surface area contributed by atoms with Crippen molar-refractivity contribution in [2.75, 3.05) is 43.1 Å². The van der Waals surface area contributed by atoms with Crippen LogP contribution in [0.2, 0.25) is 0 Å². The van der Waals surface area contributed by atoms with Gasteiger partial charge in [0.15, 0.2) is 0 Å². The van der Waals surface area contributed by atoms with Gasteiger partial charge in [-0.05, 0) is 28.8 Å². The largest absolute Gasteiger partial charge is 0.378 e. The van der Waals surface area contributed by atoms with Crippen molar-refractivity contribution in [3.8, 4) is 0 Å². The van der Waals surface area contributed by atoms with Crippen LogP contribution in [-0.4, -0.2) is 52.6 Å². The van der Waals surface area contributed by atoms with Gasteiger partial charge in [-0.3, -0.25) is 4.68 Å². The van der Waals surface area contributed by atoms with Crippen LogP contribution in [0.25, 0.3) is 0 Å². The summed E-state index contributed by atoms with van der Waals surface area (Å²) in [7, 11) is 0. The van der Waals surface area contributed by atoms with Gasteiger partial charge in [-0.2, -0.15) is 5.10 Å². The molecule has 2 aromatic heterocycles. The zero-order valence-corrected chi connectivity index (χ0v) is 14.6. The molecule has 1 saturated heterocycles. The fraction of sp³-hybridized carbons (Fsp3) is 0.533. The number of aryl methyl sites for hydroxylation is 1. The molecule has 7 nitrogen and oxygen atoms in total. The molecule has 0 radical (unpaired) electrons. The zero-order chi connectivity index (χ0) is 15.9. The van der Waals surface area contributed by atoms with Crippen LogP contribution in [-0.2, 0) is 11.3 Å². The van der Waals surface area contributed by atoms with E-state index in [1.54, 1.807) is 6.33 Å². The van der Waals surface area contributed by atoms with Crippen molar-refractivity contribution in [1.82, 2.24) is 19.7 Å². The number of nitrogens with one attached hydrogen (secondary N) is 1. The molecule has 1 fully saturated rings. The third-order valence-electron chi connectivity index (χ3n) is 3.71. The topological polar surface area (TPSA) is 68.1 Å². The molecule has 0 aliphatic carbocycles. The predicted molar refractivity (Wildman–Crippen MR) is 92.7 cm³/mol. The third-order valence-corrected chi connectivity index (χ3v) is 4.12. The second kappa shape index (κ2) is 8.26. The van der Waals surface area contributed by atoms with Crippen molar-refractivity contribution in [2.45, 2.75) is 19.4 Å². The molecule has 1 aliphatic heterocycles. The Hall–Kier alpha value is -1.67. The van der Waals surface area contributed by atoms with Crippen LogP contribution in [0.3, 0.4) is 0 Å². The lowest BCUT2D eigenvalue weighted by Crippen LogP contribution is -2.36. The van der Waals surface area contributed by atoms with Crippen LogP contribution >= 0.6 is 15.9 Å². The van der Waals surface area contributed by atoms with Crippen molar-refractivity contribution in [1.29, 1.82) is 0 Å². The van der Waals surface area contributed by atoms with E-state index in [0.29, 0.717) is 0 Å². The number of ether oxygens (including phenoxy) is 1. The van der Waals surface area contributed by atoms with E-state index in [4.69, 9.17) is 4.74 Å². The molecule has 0 aromatic carbocycles. The molecule has 1 N–H and O–H groups in total. The maximum Gasteiger partial charge on any atom is 0.134 e. The van der Waals surface area contributed by atoms with Gasteiger partial charge in [0.25, 0.3) is 0 Å². The van der Waals surface area contributed by atoms with E-state index in [9.17, 15) is 0 Å². The molecule has 124 valence electrons. The average molecular weight is 381 g/mol. The van der Waals surface area contributed by atoms with Crippen molar-refractivity contribution >= 4 is 27.6 Å². The first-order chi connectivity index (χ1) is 11.3. The number of anilines is 2. The number of hydrogen-bond acceptors (Lipinski definition) is 6. The molecule has 0 amide bonds. The summed E-state index contributed by atoms with van der Waals surface area (Å²) in [5, 5.41) is 7.62. The van der Waals surface area contributed by atoms with Crippen LogP contribution in [0.5, 0.6) is 0 Å². The Morgan fingerprint density at radius 3 is 2.87 bits per heavy atom. The Morgan fingerprint density at radius 1 is 1.22 bits per heavy atom.